The Balaban J connectivity index is 2.61. The summed E-state index contributed by atoms with van der Waals surface area (Å²) in [7, 11) is 1.63. The third kappa shape index (κ3) is 0.943. The molecule has 1 aliphatic rings. The predicted octanol–water partition coefficient (Wildman–Crippen LogP) is -0.283. The summed E-state index contributed by atoms with van der Waals surface area (Å²) in [5.41, 5.74) is 0. The fraction of sp³-hybridized carbons (Fsp3) is 0.667. The van der Waals surface area contributed by atoms with Crippen LogP contribution in [0.4, 0.5) is 0 Å². The van der Waals surface area contributed by atoms with Gasteiger partial charge < -0.3 is 4.90 Å². The first-order valence-corrected chi connectivity index (χ1v) is 2.89. The summed E-state index contributed by atoms with van der Waals surface area (Å²) < 4.78 is 0. The van der Waals surface area contributed by atoms with Crippen LogP contribution < -0.4 is 0 Å². The first-order chi connectivity index (χ1) is 4.25. The van der Waals surface area contributed by atoms with Gasteiger partial charge in [-0.05, 0) is 6.42 Å². The maximum absolute atomic E-state index is 10.7. The second-order valence-corrected chi connectivity index (χ2v) is 2.18. The van der Waals surface area contributed by atoms with Gasteiger partial charge in [0, 0.05) is 13.5 Å². The highest BCUT2D eigenvalue weighted by atomic mass is 16.2. The molecule has 9 heavy (non-hydrogen) atoms. The fourth-order valence-corrected chi connectivity index (χ4v) is 0.942. The third-order valence-corrected chi connectivity index (χ3v) is 1.63. The van der Waals surface area contributed by atoms with Gasteiger partial charge in [-0.25, -0.2) is 0 Å². The molecule has 0 saturated carbocycles. The molecule has 3 nitrogen and oxygen atoms in total. The quantitative estimate of drug-likeness (QED) is 0.484. The van der Waals surface area contributed by atoms with E-state index in [0.29, 0.717) is 12.8 Å². The smallest absolute Gasteiger partial charge is 0.223 e. The van der Waals surface area contributed by atoms with E-state index in [1.807, 2.05) is 0 Å². The predicted molar refractivity (Wildman–Crippen MR) is 31.5 cm³/mol. The van der Waals surface area contributed by atoms with Gasteiger partial charge in [0.05, 0.1) is 6.04 Å². The molecule has 0 bridgehead atoms. The van der Waals surface area contributed by atoms with E-state index in [4.69, 9.17) is 0 Å². The van der Waals surface area contributed by atoms with Crippen LogP contribution in [0, 0.1) is 0 Å². The number of hydrogen-bond donors (Lipinski definition) is 0. The minimum atomic E-state index is -0.280. The van der Waals surface area contributed by atoms with Crippen LogP contribution in [0.2, 0.25) is 0 Å². The molecule has 3 heteroatoms. The zero-order valence-corrected chi connectivity index (χ0v) is 5.26. The van der Waals surface area contributed by atoms with Crippen molar-refractivity contribution < 1.29 is 9.59 Å². The van der Waals surface area contributed by atoms with Crippen molar-refractivity contribution in [1.82, 2.24) is 4.90 Å². The molecule has 0 unspecified atom stereocenters. The summed E-state index contributed by atoms with van der Waals surface area (Å²) in [6.45, 7) is 0. The van der Waals surface area contributed by atoms with E-state index in [1.165, 1.54) is 4.90 Å². The zero-order valence-electron chi connectivity index (χ0n) is 5.26. The van der Waals surface area contributed by atoms with E-state index in [1.54, 1.807) is 13.3 Å². The molecule has 1 aliphatic heterocycles. The molecular formula is C6H8NO2. The van der Waals surface area contributed by atoms with Crippen LogP contribution >= 0.6 is 0 Å². The third-order valence-electron chi connectivity index (χ3n) is 1.63. The first-order valence-electron chi connectivity index (χ1n) is 2.89. The number of carbonyl (C=O) groups excluding carboxylic acids is 2. The summed E-state index contributed by atoms with van der Waals surface area (Å²) >= 11 is 0. The number of likely N-dealkylation sites (tertiary alicyclic amines) is 1. The van der Waals surface area contributed by atoms with Crippen LogP contribution in [0.3, 0.4) is 0 Å². The van der Waals surface area contributed by atoms with Crippen molar-refractivity contribution in [2.24, 2.45) is 0 Å². The second-order valence-electron chi connectivity index (χ2n) is 2.18. The number of carbonyl (C=O) groups is 1. The zero-order chi connectivity index (χ0) is 6.85. The highest BCUT2D eigenvalue weighted by molar-refractivity contribution is 5.83. The highest BCUT2D eigenvalue weighted by Gasteiger charge is 2.27. The standard InChI is InChI=1S/C6H8NO2/c1-7-5(4-8)2-3-6(7)9/h5H,2-3H2,1H3/t5-/m1/s1. The first kappa shape index (κ1) is 6.26. The molecule has 1 heterocycles. The van der Waals surface area contributed by atoms with E-state index >= 15 is 0 Å². The van der Waals surface area contributed by atoms with Gasteiger partial charge in [0.1, 0.15) is 0 Å². The molecular weight excluding hydrogens is 118 g/mol. The van der Waals surface area contributed by atoms with Crippen molar-refractivity contribution in [1.29, 1.82) is 0 Å². The van der Waals surface area contributed by atoms with E-state index in [-0.39, 0.29) is 11.9 Å². The van der Waals surface area contributed by atoms with Crippen molar-refractivity contribution in [2.45, 2.75) is 18.9 Å². The molecule has 0 aromatic rings. The molecule has 0 aliphatic carbocycles. The van der Waals surface area contributed by atoms with Crippen molar-refractivity contribution in [3.8, 4) is 0 Å². The van der Waals surface area contributed by atoms with Crippen LogP contribution in [0.25, 0.3) is 0 Å². The van der Waals surface area contributed by atoms with Crippen molar-refractivity contribution >= 4 is 12.2 Å². The average molecular weight is 126 g/mol. The summed E-state index contributed by atoms with van der Waals surface area (Å²) in [4.78, 5) is 22.2. The Hall–Kier alpha value is -0.860. The van der Waals surface area contributed by atoms with Gasteiger partial charge in [0.2, 0.25) is 12.2 Å². The molecule has 1 radical (unpaired) electrons. The van der Waals surface area contributed by atoms with E-state index in [9.17, 15) is 9.59 Å². The van der Waals surface area contributed by atoms with Crippen LogP contribution in [0.5, 0.6) is 0 Å². The van der Waals surface area contributed by atoms with Gasteiger partial charge in [-0.2, -0.15) is 0 Å². The lowest BCUT2D eigenvalue weighted by Crippen LogP contribution is -2.29. The second kappa shape index (κ2) is 2.17. The molecule has 0 spiro atoms. The molecule has 1 saturated heterocycles. The Morgan fingerprint density at radius 2 is 2.44 bits per heavy atom. The average Bonchev–Trinajstić information content (AvgIpc) is 2.15. The minimum Gasteiger partial charge on any atom is -0.335 e. The Morgan fingerprint density at radius 3 is 2.67 bits per heavy atom. The number of likely N-dealkylation sites (N-methyl/N-ethyl adjacent to an activating group) is 1. The lowest BCUT2D eigenvalue weighted by atomic mass is 10.2. The summed E-state index contributed by atoms with van der Waals surface area (Å²) in [6.07, 6.45) is 2.93. The Labute approximate surface area is 53.6 Å². The van der Waals surface area contributed by atoms with Crippen molar-refractivity contribution in [2.75, 3.05) is 7.05 Å². The van der Waals surface area contributed by atoms with Crippen molar-refractivity contribution in [3.63, 3.8) is 0 Å². The topological polar surface area (TPSA) is 37.4 Å². The molecule has 0 aromatic heterocycles. The van der Waals surface area contributed by atoms with E-state index < -0.39 is 0 Å². The maximum Gasteiger partial charge on any atom is 0.223 e. The van der Waals surface area contributed by atoms with Gasteiger partial charge in [-0.3, -0.25) is 9.59 Å². The SMILES string of the molecule is CN1C(=O)CC[C@@H]1[C]=O. The number of amides is 1. The van der Waals surface area contributed by atoms with E-state index in [0.717, 1.165) is 0 Å². The number of hydrogen-bond acceptors (Lipinski definition) is 2. The Kier molecular flexibility index (Phi) is 1.51. The number of rotatable bonds is 1. The van der Waals surface area contributed by atoms with Gasteiger partial charge in [0.15, 0.2) is 0 Å². The van der Waals surface area contributed by atoms with Crippen LogP contribution in [-0.4, -0.2) is 30.2 Å². The Bertz CT molecular complexity index is 144. The van der Waals surface area contributed by atoms with Crippen LogP contribution in [0.1, 0.15) is 12.8 Å². The van der Waals surface area contributed by atoms with Gasteiger partial charge in [0.25, 0.3) is 0 Å². The van der Waals surface area contributed by atoms with Gasteiger partial charge in [-0.1, -0.05) is 0 Å². The van der Waals surface area contributed by atoms with Crippen molar-refractivity contribution in [3.05, 3.63) is 0 Å². The summed E-state index contributed by atoms with van der Waals surface area (Å²) in [5, 5.41) is 0. The normalized spacial score (nSPS) is 27.0. The Morgan fingerprint density at radius 1 is 1.78 bits per heavy atom. The monoisotopic (exact) mass is 126 g/mol. The molecule has 1 fully saturated rings. The maximum atomic E-state index is 10.7. The molecule has 1 amide bonds. The van der Waals surface area contributed by atoms with Crippen LogP contribution in [-0.2, 0) is 9.59 Å². The minimum absolute atomic E-state index is 0.0448. The van der Waals surface area contributed by atoms with Crippen LogP contribution in [0.15, 0.2) is 0 Å². The summed E-state index contributed by atoms with van der Waals surface area (Å²) in [6, 6.07) is -0.280. The molecule has 0 N–H and O–H groups in total. The van der Waals surface area contributed by atoms with Gasteiger partial charge in [-0.15, -0.1) is 0 Å². The molecule has 1 rings (SSSR count). The summed E-state index contributed by atoms with van der Waals surface area (Å²) in [5.74, 6) is 0.0448. The van der Waals surface area contributed by atoms with Gasteiger partial charge >= 0.3 is 0 Å². The lowest BCUT2D eigenvalue weighted by molar-refractivity contribution is -0.127. The largest absolute Gasteiger partial charge is 0.335 e. The molecule has 1 atom stereocenters. The number of nitrogens with zero attached hydrogens (tertiary/aromatic N) is 1. The lowest BCUT2D eigenvalue weighted by Gasteiger charge is -2.11. The molecule has 49 valence electrons. The molecule has 0 aromatic carbocycles. The van der Waals surface area contributed by atoms with E-state index in [2.05, 4.69) is 0 Å². The highest BCUT2D eigenvalue weighted by Crippen LogP contribution is 2.13. The fourth-order valence-electron chi connectivity index (χ4n) is 0.942.